The fourth-order valence-corrected chi connectivity index (χ4v) is 1.39. The Bertz CT molecular complexity index is 361. The third-order valence-electron chi connectivity index (χ3n) is 2.02. The van der Waals surface area contributed by atoms with Crippen molar-refractivity contribution in [1.82, 2.24) is 0 Å². The molecule has 80 valence electrons. The maximum atomic E-state index is 9.50. The zero-order chi connectivity index (χ0) is 8.39. The molecule has 0 amide bonds. The minimum absolute atomic E-state index is 0. The average molecular weight is 322 g/mol. The SMILES string of the molecule is Cl.Cl.Oc1ccccc1C1=CC=CC1.[Zr]. The minimum Gasteiger partial charge on any atom is -0.507 e. The number of hydrogen-bond donors (Lipinski definition) is 1. The van der Waals surface area contributed by atoms with Gasteiger partial charge >= 0.3 is 0 Å². The van der Waals surface area contributed by atoms with Crippen molar-refractivity contribution >= 4 is 30.4 Å². The first-order valence-corrected chi connectivity index (χ1v) is 4.02. The summed E-state index contributed by atoms with van der Waals surface area (Å²) in [6.07, 6.45) is 7.07. The van der Waals surface area contributed by atoms with Gasteiger partial charge in [-0.05, 0) is 18.1 Å². The third-order valence-corrected chi connectivity index (χ3v) is 2.02. The summed E-state index contributed by atoms with van der Waals surface area (Å²) in [4.78, 5) is 0. The van der Waals surface area contributed by atoms with Gasteiger partial charge < -0.3 is 5.11 Å². The molecule has 1 N–H and O–H groups in total. The smallest absolute Gasteiger partial charge is 0.123 e. The normalized spacial score (nSPS) is 11.9. The molecule has 2 rings (SSSR count). The van der Waals surface area contributed by atoms with E-state index < -0.39 is 0 Å². The summed E-state index contributed by atoms with van der Waals surface area (Å²) in [7, 11) is 0. The molecule has 1 aromatic rings. The van der Waals surface area contributed by atoms with Gasteiger partial charge in [0, 0.05) is 31.8 Å². The van der Waals surface area contributed by atoms with Gasteiger partial charge in [-0.2, -0.15) is 0 Å². The molecule has 0 unspecified atom stereocenters. The summed E-state index contributed by atoms with van der Waals surface area (Å²) in [6, 6.07) is 7.43. The molecule has 0 aliphatic heterocycles. The van der Waals surface area contributed by atoms with Crippen LogP contribution in [0.4, 0.5) is 0 Å². The molecule has 0 radical (unpaired) electrons. The third kappa shape index (κ3) is 4.14. The first kappa shape index (κ1) is 17.4. The summed E-state index contributed by atoms with van der Waals surface area (Å²) in [5.74, 6) is 0.368. The molecule has 0 heterocycles. The Labute approximate surface area is 121 Å². The fraction of sp³-hybridized carbons (Fsp3) is 0.0909. The van der Waals surface area contributed by atoms with E-state index in [-0.39, 0.29) is 51.0 Å². The second-order valence-electron chi connectivity index (χ2n) is 2.84. The molecule has 0 fully saturated rings. The number of halogens is 2. The van der Waals surface area contributed by atoms with E-state index in [0.717, 1.165) is 12.0 Å². The van der Waals surface area contributed by atoms with E-state index in [9.17, 15) is 5.11 Å². The average Bonchev–Trinajstić information content (AvgIpc) is 2.57. The molecule has 0 atom stereocenters. The molecule has 0 spiro atoms. The molecule has 15 heavy (non-hydrogen) atoms. The van der Waals surface area contributed by atoms with Gasteiger partial charge in [-0.15, -0.1) is 24.8 Å². The van der Waals surface area contributed by atoms with Crippen LogP contribution in [0.3, 0.4) is 0 Å². The zero-order valence-corrected chi connectivity index (χ0v) is 12.1. The number of rotatable bonds is 1. The first-order valence-electron chi connectivity index (χ1n) is 4.02. The van der Waals surface area contributed by atoms with Gasteiger partial charge in [-0.25, -0.2) is 0 Å². The molecule has 1 aromatic carbocycles. The van der Waals surface area contributed by atoms with Crippen molar-refractivity contribution in [3.63, 3.8) is 0 Å². The Morgan fingerprint density at radius 2 is 1.73 bits per heavy atom. The Morgan fingerprint density at radius 3 is 2.27 bits per heavy atom. The Hall–Kier alpha value is -0.0369. The maximum absolute atomic E-state index is 9.50. The van der Waals surface area contributed by atoms with Crippen LogP contribution in [0.15, 0.2) is 42.5 Å². The zero-order valence-electron chi connectivity index (χ0n) is 8.01. The van der Waals surface area contributed by atoms with Crippen LogP contribution in [-0.2, 0) is 26.2 Å². The van der Waals surface area contributed by atoms with Crippen molar-refractivity contribution in [2.45, 2.75) is 6.42 Å². The number of aromatic hydroxyl groups is 1. The van der Waals surface area contributed by atoms with Crippen molar-refractivity contribution in [2.75, 3.05) is 0 Å². The number of phenolic OH excluding ortho intramolecular Hbond substituents is 1. The number of hydrogen-bond acceptors (Lipinski definition) is 1. The number of para-hydroxylation sites is 1. The van der Waals surface area contributed by atoms with Crippen molar-refractivity contribution in [1.29, 1.82) is 0 Å². The van der Waals surface area contributed by atoms with Gasteiger partial charge in [-0.3, -0.25) is 0 Å². The van der Waals surface area contributed by atoms with Gasteiger partial charge in [0.05, 0.1) is 0 Å². The van der Waals surface area contributed by atoms with E-state index in [0.29, 0.717) is 5.75 Å². The quantitative estimate of drug-likeness (QED) is 0.838. The van der Waals surface area contributed by atoms with Crippen LogP contribution in [0.1, 0.15) is 12.0 Å². The van der Waals surface area contributed by atoms with Crippen molar-refractivity contribution < 1.29 is 31.3 Å². The van der Waals surface area contributed by atoms with Crippen LogP contribution in [0.25, 0.3) is 5.57 Å². The van der Waals surface area contributed by atoms with E-state index in [1.54, 1.807) is 6.07 Å². The number of phenols is 1. The predicted octanol–water partition coefficient (Wildman–Crippen LogP) is 3.58. The summed E-state index contributed by atoms with van der Waals surface area (Å²) >= 11 is 0. The van der Waals surface area contributed by atoms with Gasteiger partial charge in [0.2, 0.25) is 0 Å². The van der Waals surface area contributed by atoms with Crippen molar-refractivity contribution in [2.24, 2.45) is 0 Å². The molecule has 1 nitrogen and oxygen atoms in total. The van der Waals surface area contributed by atoms with E-state index >= 15 is 0 Å². The largest absolute Gasteiger partial charge is 0.507 e. The maximum Gasteiger partial charge on any atom is 0.123 e. The summed E-state index contributed by atoms with van der Waals surface area (Å²) < 4.78 is 0. The van der Waals surface area contributed by atoms with E-state index in [2.05, 4.69) is 6.08 Å². The van der Waals surface area contributed by atoms with Crippen LogP contribution in [0.5, 0.6) is 5.75 Å². The van der Waals surface area contributed by atoms with Gasteiger partial charge in [0.1, 0.15) is 5.75 Å². The van der Waals surface area contributed by atoms with Crippen LogP contribution >= 0.6 is 24.8 Å². The molecule has 0 saturated heterocycles. The van der Waals surface area contributed by atoms with Crippen LogP contribution in [0, 0.1) is 0 Å². The van der Waals surface area contributed by atoms with E-state index in [4.69, 9.17) is 0 Å². The second kappa shape index (κ2) is 8.15. The molecular weight excluding hydrogens is 310 g/mol. The fourth-order valence-electron chi connectivity index (χ4n) is 1.39. The predicted molar refractivity (Wildman–Crippen MR) is 64.3 cm³/mol. The van der Waals surface area contributed by atoms with Crippen molar-refractivity contribution in [3.8, 4) is 5.75 Å². The Balaban J connectivity index is 0. The Kier molecular flexibility index (Phi) is 9.44. The molecule has 0 aromatic heterocycles. The Morgan fingerprint density at radius 1 is 1.07 bits per heavy atom. The number of allylic oxidation sites excluding steroid dienone is 4. The molecule has 1 aliphatic rings. The molecule has 4 heteroatoms. The standard InChI is InChI=1S/C11H10O.2ClH.Zr/c12-11-8-4-3-7-10(11)9-5-1-2-6-9;;;/h1-5,7-8,12H,6H2;2*1H;. The van der Waals surface area contributed by atoms with Crippen LogP contribution in [-0.4, -0.2) is 5.11 Å². The van der Waals surface area contributed by atoms with Gasteiger partial charge in [0.25, 0.3) is 0 Å². The topological polar surface area (TPSA) is 20.2 Å². The van der Waals surface area contributed by atoms with E-state index in [1.165, 1.54) is 5.57 Å². The molecule has 0 bridgehead atoms. The second-order valence-corrected chi connectivity index (χ2v) is 2.84. The van der Waals surface area contributed by atoms with Gasteiger partial charge in [0.15, 0.2) is 0 Å². The minimum atomic E-state index is 0. The van der Waals surface area contributed by atoms with E-state index in [1.807, 2.05) is 30.4 Å². The van der Waals surface area contributed by atoms with Gasteiger partial charge in [-0.1, -0.05) is 36.4 Å². The van der Waals surface area contributed by atoms with Crippen LogP contribution < -0.4 is 0 Å². The monoisotopic (exact) mass is 320 g/mol. The van der Waals surface area contributed by atoms with Crippen molar-refractivity contribution in [3.05, 3.63) is 48.1 Å². The molecular formula is C11H12Cl2OZr. The first-order chi connectivity index (χ1) is 5.88. The molecule has 1 aliphatic carbocycles. The summed E-state index contributed by atoms with van der Waals surface area (Å²) in [5.41, 5.74) is 2.13. The number of benzene rings is 1. The summed E-state index contributed by atoms with van der Waals surface area (Å²) in [6.45, 7) is 0. The molecule has 0 saturated carbocycles. The summed E-state index contributed by atoms with van der Waals surface area (Å²) in [5, 5.41) is 9.50. The van der Waals surface area contributed by atoms with Crippen LogP contribution in [0.2, 0.25) is 0 Å².